The van der Waals surface area contributed by atoms with Crippen LogP contribution in [0, 0.1) is 0 Å². The van der Waals surface area contributed by atoms with Crippen LogP contribution in [0.15, 0.2) is 0 Å². The van der Waals surface area contributed by atoms with Crippen molar-refractivity contribution in [3.05, 3.63) is 0 Å². The zero-order chi connectivity index (χ0) is 7.11. The van der Waals surface area contributed by atoms with Crippen molar-refractivity contribution in [2.45, 2.75) is 26.2 Å². The second-order valence-corrected chi connectivity index (χ2v) is 1.83. The molecule has 0 fully saturated rings. The average Bonchev–Trinajstić information content (AvgIpc) is 1.89. The highest BCUT2D eigenvalue weighted by atomic mass is 16.7. The van der Waals surface area contributed by atoms with Gasteiger partial charge in [-0.2, -0.15) is 0 Å². The molecule has 3 nitrogen and oxygen atoms in total. The first-order chi connectivity index (χ1) is 4.31. The van der Waals surface area contributed by atoms with Crippen molar-refractivity contribution >= 4 is 0 Å². The number of rotatable bonds is 5. The molecule has 3 heteroatoms. The number of unbranched alkanes of at least 4 members (excludes halogenated alkanes) is 1. The summed E-state index contributed by atoms with van der Waals surface area (Å²) in [7, 11) is 1.52. The zero-order valence-electron chi connectivity index (χ0n) is 6.09. The van der Waals surface area contributed by atoms with Gasteiger partial charge in [0.15, 0.2) is 0 Å². The molecule has 0 saturated carbocycles. The molecule has 0 amide bonds. The maximum absolute atomic E-state index is 5.27. The molecule has 1 atom stereocenters. The minimum atomic E-state index is -0.545. The molecule has 0 aromatic carbocycles. The van der Waals surface area contributed by atoms with E-state index in [1.54, 1.807) is 0 Å². The monoisotopic (exact) mass is 133 g/mol. The molecular formula is C6H15NO2. The molecule has 0 saturated heterocycles. The summed E-state index contributed by atoms with van der Waals surface area (Å²) in [6.45, 7) is 2.78. The van der Waals surface area contributed by atoms with Crippen LogP contribution >= 0.6 is 0 Å². The van der Waals surface area contributed by atoms with Crippen LogP contribution < -0.4 is 5.73 Å². The topological polar surface area (TPSA) is 44.5 Å². The predicted octanol–water partition coefficient (Wildman–Crippen LogP) is 0.692. The summed E-state index contributed by atoms with van der Waals surface area (Å²) in [5, 5.41) is 0. The minimum Gasteiger partial charge on any atom is -0.343 e. The Bertz CT molecular complexity index is 59.0. The van der Waals surface area contributed by atoms with Gasteiger partial charge in [-0.25, -0.2) is 0 Å². The lowest BCUT2D eigenvalue weighted by molar-refractivity contribution is -0.119. The molecule has 0 spiro atoms. The molecule has 9 heavy (non-hydrogen) atoms. The summed E-state index contributed by atoms with van der Waals surface area (Å²) < 4.78 is 9.64. The second kappa shape index (κ2) is 6.01. The van der Waals surface area contributed by atoms with Crippen LogP contribution in [0.4, 0.5) is 0 Å². The molecule has 56 valence electrons. The Labute approximate surface area is 56.1 Å². The standard InChI is InChI=1S/C6H15NO2/c1-3-4-5-9-6(7)8-2/h6H,3-5,7H2,1-2H3. The van der Waals surface area contributed by atoms with Crippen LogP contribution in [-0.4, -0.2) is 20.1 Å². The van der Waals surface area contributed by atoms with Gasteiger partial charge in [-0.1, -0.05) is 13.3 Å². The van der Waals surface area contributed by atoms with Crippen molar-refractivity contribution in [3.63, 3.8) is 0 Å². The molecule has 0 radical (unpaired) electrons. The lowest BCUT2D eigenvalue weighted by Crippen LogP contribution is -2.25. The van der Waals surface area contributed by atoms with E-state index in [-0.39, 0.29) is 0 Å². The third-order valence-corrected chi connectivity index (χ3v) is 1.01. The van der Waals surface area contributed by atoms with Crippen LogP contribution in [0.25, 0.3) is 0 Å². The Morgan fingerprint density at radius 1 is 1.56 bits per heavy atom. The van der Waals surface area contributed by atoms with Gasteiger partial charge in [0.2, 0.25) is 6.41 Å². The van der Waals surface area contributed by atoms with E-state index in [9.17, 15) is 0 Å². The molecule has 0 rings (SSSR count). The largest absolute Gasteiger partial charge is 0.343 e. The maximum Gasteiger partial charge on any atom is 0.213 e. The first-order valence-electron chi connectivity index (χ1n) is 3.21. The van der Waals surface area contributed by atoms with Gasteiger partial charge in [0.05, 0.1) is 6.61 Å². The Balaban J connectivity index is 2.88. The van der Waals surface area contributed by atoms with Crippen molar-refractivity contribution < 1.29 is 9.47 Å². The maximum atomic E-state index is 5.27. The van der Waals surface area contributed by atoms with E-state index in [0.29, 0.717) is 6.61 Å². The summed E-state index contributed by atoms with van der Waals surface area (Å²) >= 11 is 0. The first-order valence-corrected chi connectivity index (χ1v) is 3.21. The lowest BCUT2D eigenvalue weighted by Gasteiger charge is -2.08. The normalized spacial score (nSPS) is 13.7. The Kier molecular flexibility index (Phi) is 5.93. The highest BCUT2D eigenvalue weighted by molar-refractivity contribution is 4.31. The molecule has 0 aliphatic heterocycles. The van der Waals surface area contributed by atoms with Gasteiger partial charge < -0.3 is 9.47 Å². The fraction of sp³-hybridized carbons (Fsp3) is 1.00. The molecule has 0 aliphatic carbocycles. The lowest BCUT2D eigenvalue weighted by atomic mass is 10.4. The molecule has 0 aliphatic rings. The quantitative estimate of drug-likeness (QED) is 0.443. The number of hydrogen-bond donors (Lipinski definition) is 1. The SMILES string of the molecule is CCCCOC(N)OC. The molecular weight excluding hydrogens is 118 g/mol. The van der Waals surface area contributed by atoms with E-state index in [1.165, 1.54) is 7.11 Å². The van der Waals surface area contributed by atoms with Gasteiger partial charge in [-0.3, -0.25) is 5.73 Å². The van der Waals surface area contributed by atoms with Gasteiger partial charge in [0.1, 0.15) is 0 Å². The fourth-order valence-corrected chi connectivity index (χ4v) is 0.412. The van der Waals surface area contributed by atoms with E-state index >= 15 is 0 Å². The Morgan fingerprint density at radius 3 is 2.67 bits per heavy atom. The van der Waals surface area contributed by atoms with Gasteiger partial charge in [-0.05, 0) is 6.42 Å². The van der Waals surface area contributed by atoms with E-state index in [2.05, 4.69) is 11.7 Å². The highest BCUT2D eigenvalue weighted by Crippen LogP contribution is 1.89. The van der Waals surface area contributed by atoms with Crippen molar-refractivity contribution in [1.82, 2.24) is 0 Å². The van der Waals surface area contributed by atoms with Gasteiger partial charge in [0, 0.05) is 7.11 Å². The minimum absolute atomic E-state index is 0.545. The molecule has 0 heterocycles. The van der Waals surface area contributed by atoms with Crippen LogP contribution in [0.3, 0.4) is 0 Å². The van der Waals surface area contributed by atoms with Crippen LogP contribution in [0.2, 0.25) is 0 Å². The number of nitrogens with two attached hydrogens (primary N) is 1. The molecule has 1 unspecified atom stereocenters. The summed E-state index contributed by atoms with van der Waals surface area (Å²) in [4.78, 5) is 0. The van der Waals surface area contributed by atoms with Crippen LogP contribution in [0.1, 0.15) is 19.8 Å². The summed E-state index contributed by atoms with van der Waals surface area (Å²) in [5.74, 6) is 0. The van der Waals surface area contributed by atoms with E-state index in [1.807, 2.05) is 0 Å². The van der Waals surface area contributed by atoms with Crippen molar-refractivity contribution in [2.75, 3.05) is 13.7 Å². The van der Waals surface area contributed by atoms with Crippen LogP contribution in [0.5, 0.6) is 0 Å². The smallest absolute Gasteiger partial charge is 0.213 e. The average molecular weight is 133 g/mol. The summed E-state index contributed by atoms with van der Waals surface area (Å²) in [5.41, 5.74) is 5.27. The molecule has 2 N–H and O–H groups in total. The predicted molar refractivity (Wildman–Crippen MR) is 35.8 cm³/mol. The van der Waals surface area contributed by atoms with Gasteiger partial charge in [-0.15, -0.1) is 0 Å². The van der Waals surface area contributed by atoms with Gasteiger partial charge in [0.25, 0.3) is 0 Å². The fourth-order valence-electron chi connectivity index (χ4n) is 0.412. The zero-order valence-corrected chi connectivity index (χ0v) is 6.09. The number of ether oxygens (including phenoxy) is 2. The molecule has 0 bridgehead atoms. The highest BCUT2D eigenvalue weighted by Gasteiger charge is 1.95. The third kappa shape index (κ3) is 5.76. The van der Waals surface area contributed by atoms with Gasteiger partial charge >= 0.3 is 0 Å². The van der Waals surface area contributed by atoms with Crippen molar-refractivity contribution in [3.8, 4) is 0 Å². The van der Waals surface area contributed by atoms with Crippen molar-refractivity contribution in [1.29, 1.82) is 0 Å². The Morgan fingerprint density at radius 2 is 2.22 bits per heavy atom. The van der Waals surface area contributed by atoms with Crippen molar-refractivity contribution in [2.24, 2.45) is 5.73 Å². The third-order valence-electron chi connectivity index (χ3n) is 1.01. The Hall–Kier alpha value is -0.120. The van der Waals surface area contributed by atoms with E-state index in [0.717, 1.165) is 12.8 Å². The number of methoxy groups -OCH3 is 1. The summed E-state index contributed by atoms with van der Waals surface area (Å²) in [6, 6.07) is 0. The van der Waals surface area contributed by atoms with E-state index in [4.69, 9.17) is 10.5 Å². The van der Waals surface area contributed by atoms with Crippen LogP contribution in [-0.2, 0) is 9.47 Å². The molecule has 0 aromatic heterocycles. The molecule has 0 aromatic rings. The number of hydrogen-bond acceptors (Lipinski definition) is 3. The van der Waals surface area contributed by atoms with E-state index < -0.39 is 6.41 Å². The first kappa shape index (κ1) is 8.88. The second-order valence-electron chi connectivity index (χ2n) is 1.83. The summed E-state index contributed by atoms with van der Waals surface area (Å²) in [6.07, 6.45) is 1.62.